The van der Waals surface area contributed by atoms with Crippen molar-refractivity contribution in [3.63, 3.8) is 0 Å². The molecule has 4 rings (SSSR count). The Balaban J connectivity index is 1.74. The van der Waals surface area contributed by atoms with Crippen LogP contribution >= 0.6 is 0 Å². The monoisotopic (exact) mass is 472 g/mol. The minimum atomic E-state index is -3.71. The molecule has 2 aromatic carbocycles. The first-order valence-corrected chi connectivity index (χ1v) is 16.0. The molecule has 0 aromatic heterocycles. The zero-order valence-corrected chi connectivity index (χ0v) is 19.2. The van der Waals surface area contributed by atoms with E-state index in [0.717, 1.165) is 0 Å². The van der Waals surface area contributed by atoms with E-state index < -0.39 is 19.2 Å². The van der Waals surface area contributed by atoms with Gasteiger partial charge in [0.15, 0.2) is 0 Å². The van der Waals surface area contributed by atoms with Crippen molar-refractivity contribution in [3.05, 3.63) is 60.7 Å². The van der Waals surface area contributed by atoms with Gasteiger partial charge in [-0.3, -0.25) is 0 Å². The van der Waals surface area contributed by atoms with Gasteiger partial charge in [0.1, 0.15) is 0 Å². The second kappa shape index (κ2) is 9.58. The molecule has 2 aromatic rings. The van der Waals surface area contributed by atoms with E-state index in [-0.39, 0.29) is 0 Å². The predicted molar refractivity (Wildman–Crippen MR) is 114 cm³/mol. The van der Waals surface area contributed by atoms with Gasteiger partial charge < -0.3 is 0 Å². The number of benzene rings is 2. The van der Waals surface area contributed by atoms with Crippen LogP contribution in [0.1, 0.15) is 64.2 Å². The molecular formula is C24H32O2Sn. The van der Waals surface area contributed by atoms with Crippen LogP contribution in [0.5, 0.6) is 0 Å². The van der Waals surface area contributed by atoms with Crippen LogP contribution in [0.2, 0.25) is 0 Å². The first kappa shape index (κ1) is 19.5. The summed E-state index contributed by atoms with van der Waals surface area (Å²) in [5, 5.41) is 0. The van der Waals surface area contributed by atoms with Gasteiger partial charge in [-0.1, -0.05) is 0 Å². The van der Waals surface area contributed by atoms with Crippen molar-refractivity contribution in [2.24, 2.45) is 0 Å². The molecule has 27 heavy (non-hydrogen) atoms. The van der Waals surface area contributed by atoms with Gasteiger partial charge in [0.25, 0.3) is 0 Å². The standard InChI is InChI=1S/2C6H11O.2C6H5.Sn/c2*7-6-4-2-1-3-5-6;2*1-2-4-6-5-3-1;/h2*6H,1-5H2;2*1-5H;/q2*-1;;;+2. The van der Waals surface area contributed by atoms with Crippen LogP contribution in [0.3, 0.4) is 0 Å². The molecule has 0 radical (unpaired) electrons. The Morgan fingerprint density at radius 1 is 0.519 bits per heavy atom. The average molecular weight is 471 g/mol. The van der Waals surface area contributed by atoms with Crippen LogP contribution in [0.4, 0.5) is 0 Å². The molecule has 2 nitrogen and oxygen atoms in total. The fraction of sp³-hybridized carbons (Fsp3) is 0.500. The number of hydrogen-bond acceptors (Lipinski definition) is 2. The molecule has 2 aliphatic rings. The molecule has 0 saturated heterocycles. The van der Waals surface area contributed by atoms with E-state index in [4.69, 9.17) is 6.15 Å². The Morgan fingerprint density at radius 3 is 1.26 bits per heavy atom. The Kier molecular flexibility index (Phi) is 6.91. The van der Waals surface area contributed by atoms with E-state index in [1.165, 1.54) is 71.4 Å². The van der Waals surface area contributed by atoms with Gasteiger partial charge in [-0.15, -0.1) is 0 Å². The molecule has 0 spiro atoms. The number of rotatable bonds is 6. The summed E-state index contributed by atoms with van der Waals surface area (Å²) in [5.74, 6) is 0. The van der Waals surface area contributed by atoms with E-state index in [2.05, 4.69) is 60.7 Å². The quantitative estimate of drug-likeness (QED) is 0.556. The normalized spacial score (nSPS) is 19.9. The van der Waals surface area contributed by atoms with Crippen LogP contribution in [-0.4, -0.2) is 31.4 Å². The summed E-state index contributed by atoms with van der Waals surface area (Å²) in [6, 6.07) is 21.8. The Bertz CT molecular complexity index is 615. The molecule has 0 aliphatic heterocycles. The fourth-order valence-corrected chi connectivity index (χ4v) is 14.9. The van der Waals surface area contributed by atoms with Gasteiger partial charge >= 0.3 is 170 Å². The molecule has 0 unspecified atom stereocenters. The summed E-state index contributed by atoms with van der Waals surface area (Å²) in [6.45, 7) is 0. The van der Waals surface area contributed by atoms with Crippen LogP contribution in [0.15, 0.2) is 60.7 Å². The summed E-state index contributed by atoms with van der Waals surface area (Å²) in [6.07, 6.45) is 13.3. The predicted octanol–water partition coefficient (Wildman–Crippen LogP) is 4.94. The number of hydrogen-bond donors (Lipinski definition) is 0. The Hall–Kier alpha value is -0.841. The van der Waals surface area contributed by atoms with E-state index in [1.807, 2.05) is 0 Å². The third kappa shape index (κ3) is 4.77. The zero-order valence-electron chi connectivity index (χ0n) is 16.3. The molecule has 0 bridgehead atoms. The van der Waals surface area contributed by atoms with Crippen molar-refractivity contribution in [2.75, 3.05) is 0 Å². The second-order valence-corrected chi connectivity index (χ2v) is 16.3. The van der Waals surface area contributed by atoms with Gasteiger partial charge in [-0.05, 0) is 0 Å². The van der Waals surface area contributed by atoms with E-state index in [9.17, 15) is 0 Å². The maximum absolute atomic E-state index is 7.14. The third-order valence-corrected chi connectivity index (χ3v) is 16.1. The van der Waals surface area contributed by atoms with Crippen molar-refractivity contribution in [1.29, 1.82) is 0 Å². The summed E-state index contributed by atoms with van der Waals surface area (Å²) in [7, 11) is 0. The summed E-state index contributed by atoms with van der Waals surface area (Å²) >= 11 is -3.71. The molecule has 2 aliphatic carbocycles. The fourth-order valence-electron chi connectivity index (χ4n) is 4.62. The molecular weight excluding hydrogens is 439 g/mol. The third-order valence-electron chi connectivity index (χ3n) is 6.08. The van der Waals surface area contributed by atoms with Crippen molar-refractivity contribution in [1.82, 2.24) is 0 Å². The first-order valence-electron chi connectivity index (χ1n) is 10.8. The van der Waals surface area contributed by atoms with Crippen LogP contribution in [0.25, 0.3) is 0 Å². The van der Waals surface area contributed by atoms with Crippen molar-refractivity contribution in [3.8, 4) is 0 Å². The zero-order chi connectivity index (χ0) is 18.4. The topological polar surface area (TPSA) is 18.5 Å². The van der Waals surface area contributed by atoms with Gasteiger partial charge in [-0.25, -0.2) is 0 Å². The van der Waals surface area contributed by atoms with Crippen molar-refractivity contribution >= 4 is 26.4 Å². The Morgan fingerprint density at radius 2 is 0.889 bits per heavy atom. The molecule has 0 atom stereocenters. The van der Waals surface area contributed by atoms with Gasteiger partial charge in [-0.2, -0.15) is 0 Å². The SMILES string of the molecule is c1cc[c]([Sn]([O]C2CCCCC2)([O]C2CCCCC2)[c]2ccccc2)cc1. The Labute approximate surface area is 169 Å². The van der Waals surface area contributed by atoms with E-state index in [1.54, 1.807) is 0 Å². The van der Waals surface area contributed by atoms with E-state index in [0.29, 0.717) is 12.2 Å². The average Bonchev–Trinajstić information content (AvgIpc) is 2.76. The molecule has 144 valence electrons. The minimum absolute atomic E-state index is 0.360. The van der Waals surface area contributed by atoms with Crippen LogP contribution < -0.4 is 7.16 Å². The molecule has 2 saturated carbocycles. The van der Waals surface area contributed by atoms with Crippen molar-refractivity contribution in [2.45, 2.75) is 76.4 Å². The summed E-state index contributed by atoms with van der Waals surface area (Å²) in [5.41, 5.74) is 0. The van der Waals surface area contributed by atoms with Gasteiger partial charge in [0.2, 0.25) is 0 Å². The second-order valence-electron chi connectivity index (χ2n) is 8.10. The first-order chi connectivity index (χ1) is 13.4. The molecule has 0 heterocycles. The van der Waals surface area contributed by atoms with Crippen LogP contribution in [-0.2, 0) is 6.15 Å². The van der Waals surface area contributed by atoms with E-state index >= 15 is 0 Å². The van der Waals surface area contributed by atoms with Crippen molar-refractivity contribution < 1.29 is 6.15 Å². The molecule has 0 amide bonds. The van der Waals surface area contributed by atoms with Crippen LogP contribution in [0, 0.1) is 0 Å². The summed E-state index contributed by atoms with van der Waals surface area (Å²) in [4.78, 5) is 0. The van der Waals surface area contributed by atoms with Gasteiger partial charge in [0, 0.05) is 0 Å². The maximum atomic E-state index is 7.14. The summed E-state index contributed by atoms with van der Waals surface area (Å²) < 4.78 is 16.9. The molecule has 2 fully saturated rings. The molecule has 0 N–H and O–H groups in total. The molecule has 3 heteroatoms. The van der Waals surface area contributed by atoms with Gasteiger partial charge in [0.05, 0.1) is 0 Å².